The van der Waals surface area contributed by atoms with Gasteiger partial charge < -0.3 is 20.6 Å². The number of likely N-dealkylation sites (tertiary alicyclic amines) is 1. The van der Waals surface area contributed by atoms with Crippen LogP contribution in [0.2, 0.25) is 0 Å². The van der Waals surface area contributed by atoms with Gasteiger partial charge in [-0.2, -0.15) is 0 Å². The molecule has 2 aromatic rings. The summed E-state index contributed by atoms with van der Waals surface area (Å²) in [6, 6.07) is 14.5. The van der Waals surface area contributed by atoms with Gasteiger partial charge in [0, 0.05) is 34.6 Å². The van der Waals surface area contributed by atoms with Crippen molar-refractivity contribution in [3.63, 3.8) is 0 Å². The second-order valence-electron chi connectivity index (χ2n) is 10.6. The fourth-order valence-electron chi connectivity index (χ4n) is 6.36. The zero-order valence-electron chi connectivity index (χ0n) is 21.7. The molecule has 2 bridgehead atoms. The number of nitrogens with zero attached hydrogens (tertiary/aromatic N) is 1. The number of aryl methyl sites for hydroxylation is 2. The van der Waals surface area contributed by atoms with E-state index in [1.165, 1.54) is 0 Å². The molecule has 0 aliphatic carbocycles. The summed E-state index contributed by atoms with van der Waals surface area (Å²) < 4.78 is -0.687. The Morgan fingerprint density at radius 2 is 1.84 bits per heavy atom. The summed E-state index contributed by atoms with van der Waals surface area (Å²) in [5.41, 5.74) is 3.44. The van der Waals surface area contributed by atoms with Crippen molar-refractivity contribution in [2.24, 2.45) is 11.8 Å². The minimum Gasteiger partial charge on any atom is -0.396 e. The summed E-state index contributed by atoms with van der Waals surface area (Å²) in [6.45, 7) is 4.46. The number of unbranched alkanes of at least 4 members (excludes halogenated alkanes) is 2. The number of alkyl halides is 1. The third-order valence-corrected chi connectivity index (χ3v) is 11.3. The van der Waals surface area contributed by atoms with E-state index in [2.05, 4.69) is 26.6 Å². The first-order valence-corrected chi connectivity index (χ1v) is 15.0. The number of carbonyl (C=O) groups excluding carboxylic acids is 3. The van der Waals surface area contributed by atoms with Crippen molar-refractivity contribution in [1.29, 1.82) is 0 Å². The van der Waals surface area contributed by atoms with Crippen LogP contribution in [-0.2, 0) is 14.4 Å². The fourth-order valence-corrected chi connectivity index (χ4v) is 9.97. The lowest BCUT2D eigenvalue weighted by atomic mass is 9.70. The predicted octanol–water partition coefficient (Wildman–Crippen LogP) is 4.51. The summed E-state index contributed by atoms with van der Waals surface area (Å²) in [6.07, 6.45) is 2.75. The van der Waals surface area contributed by atoms with Crippen LogP contribution in [0.25, 0.3) is 0 Å². The minimum absolute atomic E-state index is 0.0217. The first kappa shape index (κ1) is 27.2. The van der Waals surface area contributed by atoms with Crippen molar-refractivity contribution in [1.82, 2.24) is 4.90 Å². The van der Waals surface area contributed by atoms with Crippen molar-refractivity contribution in [3.8, 4) is 0 Å². The zero-order chi connectivity index (χ0) is 27.0. The number of fused-ring (bicyclic) bond motifs is 1. The van der Waals surface area contributed by atoms with E-state index in [1.807, 2.05) is 62.4 Å². The molecule has 5 rings (SSSR count). The number of amides is 3. The molecule has 9 heteroatoms. The molecule has 7 nitrogen and oxygen atoms in total. The Labute approximate surface area is 236 Å². The minimum atomic E-state index is -0.687. The Hall–Kier alpha value is -2.36. The summed E-state index contributed by atoms with van der Waals surface area (Å²) in [4.78, 5) is 43.5. The van der Waals surface area contributed by atoms with Gasteiger partial charge in [0.25, 0.3) is 0 Å². The maximum Gasteiger partial charge on any atom is 0.248 e. The highest BCUT2D eigenvalue weighted by atomic mass is 79.9. The molecule has 38 heavy (non-hydrogen) atoms. The van der Waals surface area contributed by atoms with E-state index in [0.29, 0.717) is 31.5 Å². The van der Waals surface area contributed by atoms with Crippen LogP contribution in [-0.4, -0.2) is 61.7 Å². The maximum absolute atomic E-state index is 14.1. The van der Waals surface area contributed by atoms with Crippen molar-refractivity contribution in [3.05, 3.63) is 59.7 Å². The molecule has 0 radical (unpaired) electrons. The van der Waals surface area contributed by atoms with Gasteiger partial charge >= 0.3 is 0 Å². The van der Waals surface area contributed by atoms with Crippen LogP contribution in [0, 0.1) is 25.7 Å². The zero-order valence-corrected chi connectivity index (χ0v) is 24.1. The molecule has 3 unspecified atom stereocenters. The SMILES string of the molecule is Cc1ccc(C)c(NC(=O)C2N(CCCCCO)C(=O)[C@@H]3[C@@H](C(=O)Nc4ccccc4)[C@@H]4SC23CC4Br)c1. The van der Waals surface area contributed by atoms with Crippen LogP contribution in [0.3, 0.4) is 0 Å². The van der Waals surface area contributed by atoms with Gasteiger partial charge in [-0.15, -0.1) is 11.8 Å². The lowest BCUT2D eigenvalue weighted by molar-refractivity contribution is -0.138. The topological polar surface area (TPSA) is 98.7 Å². The first-order valence-electron chi connectivity index (χ1n) is 13.2. The average molecular weight is 601 g/mol. The molecular weight excluding hydrogens is 566 g/mol. The van der Waals surface area contributed by atoms with Crippen LogP contribution < -0.4 is 10.6 Å². The number of aliphatic hydroxyl groups is 1. The summed E-state index contributed by atoms with van der Waals surface area (Å²) in [5.74, 6) is -1.59. The molecule has 0 aromatic heterocycles. The monoisotopic (exact) mass is 599 g/mol. The van der Waals surface area contributed by atoms with Gasteiger partial charge in [0.1, 0.15) is 6.04 Å². The van der Waals surface area contributed by atoms with E-state index in [9.17, 15) is 19.5 Å². The number of benzene rings is 2. The fraction of sp³-hybridized carbons (Fsp3) is 0.483. The van der Waals surface area contributed by atoms with Gasteiger partial charge in [0.2, 0.25) is 17.7 Å². The number of halogens is 1. The quantitative estimate of drug-likeness (QED) is 0.291. The number of thioether (sulfide) groups is 1. The highest BCUT2D eigenvalue weighted by Gasteiger charge is 2.75. The lowest BCUT2D eigenvalue weighted by Gasteiger charge is -2.35. The average Bonchev–Trinajstić information content (AvgIpc) is 3.48. The Morgan fingerprint density at radius 1 is 1.08 bits per heavy atom. The third-order valence-electron chi connectivity index (χ3n) is 8.09. The molecule has 3 aliphatic rings. The standard InChI is InChI=1S/C29H34BrN3O4S/c1-17-11-12-18(2)21(15-17)32-27(36)25-29-16-20(30)24(38-29)22(26(35)31-19-9-5-3-6-10-19)23(29)28(37)33(25)13-7-4-8-14-34/h3,5-6,9-12,15,20,22-25,34H,4,7-8,13-14,16H2,1-2H3,(H,31,35)(H,32,36)/t20?,22-,23+,24-,25?,29?/m1/s1. The predicted molar refractivity (Wildman–Crippen MR) is 154 cm³/mol. The third kappa shape index (κ3) is 4.77. The van der Waals surface area contributed by atoms with Gasteiger partial charge in [-0.05, 0) is 68.9 Å². The van der Waals surface area contributed by atoms with Crippen LogP contribution in [0.5, 0.6) is 0 Å². The molecule has 1 spiro atoms. The molecule has 3 fully saturated rings. The van der Waals surface area contributed by atoms with E-state index in [1.54, 1.807) is 16.7 Å². The highest BCUT2D eigenvalue weighted by molar-refractivity contribution is 9.09. The number of nitrogens with one attached hydrogen (secondary N) is 2. The molecule has 3 amide bonds. The van der Waals surface area contributed by atoms with Gasteiger partial charge in [-0.1, -0.05) is 46.3 Å². The summed E-state index contributed by atoms with van der Waals surface area (Å²) in [5, 5.41) is 15.3. The van der Waals surface area contributed by atoms with Crippen LogP contribution >= 0.6 is 27.7 Å². The molecule has 3 N–H and O–H groups in total. The molecule has 0 saturated carbocycles. The van der Waals surface area contributed by atoms with E-state index < -0.39 is 22.6 Å². The maximum atomic E-state index is 14.1. The Morgan fingerprint density at radius 3 is 2.58 bits per heavy atom. The Kier molecular flexibility index (Phi) is 7.89. The first-order chi connectivity index (χ1) is 18.3. The lowest BCUT2D eigenvalue weighted by Crippen LogP contribution is -2.52. The van der Waals surface area contributed by atoms with Crippen LogP contribution in [0.1, 0.15) is 36.8 Å². The number of carbonyl (C=O) groups is 3. The van der Waals surface area contributed by atoms with Crippen molar-refractivity contribution in [2.45, 2.75) is 60.4 Å². The molecule has 3 saturated heterocycles. The highest BCUT2D eigenvalue weighted by Crippen LogP contribution is 2.67. The summed E-state index contributed by atoms with van der Waals surface area (Å²) in [7, 11) is 0. The van der Waals surface area contributed by atoms with Crippen molar-refractivity contribution >= 4 is 56.8 Å². The molecule has 3 aliphatic heterocycles. The van der Waals surface area contributed by atoms with Gasteiger partial charge in [0.05, 0.1) is 16.6 Å². The Bertz CT molecular complexity index is 1230. The second-order valence-corrected chi connectivity index (χ2v) is 13.4. The molecule has 3 heterocycles. The van der Waals surface area contributed by atoms with Gasteiger partial charge in [-0.3, -0.25) is 14.4 Å². The van der Waals surface area contributed by atoms with Crippen LogP contribution in [0.15, 0.2) is 48.5 Å². The number of aliphatic hydroxyl groups excluding tert-OH is 1. The van der Waals surface area contributed by atoms with Crippen LogP contribution in [0.4, 0.5) is 11.4 Å². The molecule has 202 valence electrons. The van der Waals surface area contributed by atoms with E-state index in [0.717, 1.165) is 23.2 Å². The van der Waals surface area contributed by atoms with E-state index in [-0.39, 0.29) is 34.4 Å². The number of hydrogen-bond donors (Lipinski definition) is 3. The summed E-state index contributed by atoms with van der Waals surface area (Å²) >= 11 is 5.45. The Balaban J connectivity index is 1.48. The van der Waals surface area contributed by atoms with Crippen molar-refractivity contribution < 1.29 is 19.5 Å². The van der Waals surface area contributed by atoms with E-state index >= 15 is 0 Å². The molecular formula is C29H34BrN3O4S. The second kappa shape index (κ2) is 11.0. The van der Waals surface area contributed by atoms with Gasteiger partial charge in [0.15, 0.2) is 0 Å². The number of anilines is 2. The number of rotatable bonds is 9. The van der Waals surface area contributed by atoms with Gasteiger partial charge in [-0.25, -0.2) is 0 Å². The number of hydrogen-bond acceptors (Lipinski definition) is 5. The van der Waals surface area contributed by atoms with Crippen molar-refractivity contribution in [2.75, 3.05) is 23.8 Å². The normalized spacial score (nSPS) is 29.4. The number of para-hydroxylation sites is 1. The smallest absolute Gasteiger partial charge is 0.248 e. The van der Waals surface area contributed by atoms with E-state index in [4.69, 9.17) is 0 Å². The molecule has 6 atom stereocenters. The molecule has 2 aromatic carbocycles. The largest absolute Gasteiger partial charge is 0.396 e.